The maximum atomic E-state index is 12.4. The van der Waals surface area contributed by atoms with Crippen molar-refractivity contribution in [2.75, 3.05) is 12.4 Å². The molecule has 2 N–H and O–H groups in total. The van der Waals surface area contributed by atoms with Crippen LogP contribution in [0.2, 0.25) is 0 Å². The van der Waals surface area contributed by atoms with Crippen LogP contribution >= 0.6 is 0 Å². The third-order valence-corrected chi connectivity index (χ3v) is 6.23. The molecule has 2 atom stereocenters. The first kappa shape index (κ1) is 22.6. The summed E-state index contributed by atoms with van der Waals surface area (Å²) in [6, 6.07) is 14.9. The van der Waals surface area contributed by atoms with Crippen molar-refractivity contribution in [2.24, 2.45) is 11.3 Å². The Morgan fingerprint density at radius 2 is 1.77 bits per heavy atom. The van der Waals surface area contributed by atoms with Gasteiger partial charge in [0.1, 0.15) is 5.75 Å². The van der Waals surface area contributed by atoms with Gasteiger partial charge in [0.2, 0.25) is 5.91 Å². The second-order valence-corrected chi connectivity index (χ2v) is 8.52. The Balaban J connectivity index is 1.65. The summed E-state index contributed by atoms with van der Waals surface area (Å²) in [5.74, 6) is 0.0359. The largest absolute Gasteiger partial charge is 0.497 e. The van der Waals surface area contributed by atoms with Gasteiger partial charge in [-0.25, -0.2) is 0 Å². The van der Waals surface area contributed by atoms with Crippen molar-refractivity contribution in [3.63, 3.8) is 0 Å². The Labute approximate surface area is 184 Å². The number of carbonyl (C=O) groups excluding carboxylic acids is 1. The molecular weight excluding hydrogens is 390 g/mol. The molecule has 2 aromatic carbocycles. The highest BCUT2D eigenvalue weighted by Crippen LogP contribution is 2.50. The Kier molecular flexibility index (Phi) is 7.16. The van der Waals surface area contributed by atoms with Gasteiger partial charge in [0.15, 0.2) is 0 Å². The SMILES string of the molecule is C=C1CC(CCC)C(Cc2ccc(NC(=O)Cc3ccc(OC)cc3)cc2)(C(=O)O)C1. The molecule has 0 saturated heterocycles. The van der Waals surface area contributed by atoms with Gasteiger partial charge in [-0.1, -0.05) is 49.8 Å². The molecule has 2 unspecified atom stereocenters. The Hall–Kier alpha value is -3.08. The molecule has 2 aromatic rings. The number of aliphatic carboxylic acids is 1. The second kappa shape index (κ2) is 9.82. The lowest BCUT2D eigenvalue weighted by molar-refractivity contribution is -0.151. The molecule has 0 bridgehead atoms. The molecule has 1 saturated carbocycles. The fourth-order valence-corrected chi connectivity index (χ4v) is 4.67. The van der Waals surface area contributed by atoms with Crippen LogP contribution in [0.25, 0.3) is 0 Å². The molecule has 0 heterocycles. The van der Waals surface area contributed by atoms with Crippen molar-refractivity contribution in [1.29, 1.82) is 0 Å². The number of carbonyl (C=O) groups is 2. The van der Waals surface area contributed by atoms with E-state index in [0.717, 1.165) is 41.7 Å². The molecule has 1 fully saturated rings. The van der Waals surface area contributed by atoms with E-state index in [1.54, 1.807) is 7.11 Å². The van der Waals surface area contributed by atoms with Gasteiger partial charge in [0, 0.05) is 5.69 Å². The van der Waals surface area contributed by atoms with Gasteiger partial charge in [0.05, 0.1) is 18.9 Å². The van der Waals surface area contributed by atoms with E-state index in [-0.39, 0.29) is 18.2 Å². The molecular formula is C26H31NO4. The summed E-state index contributed by atoms with van der Waals surface area (Å²) in [7, 11) is 1.61. The minimum absolute atomic E-state index is 0.102. The summed E-state index contributed by atoms with van der Waals surface area (Å²) < 4.78 is 5.13. The van der Waals surface area contributed by atoms with E-state index in [1.807, 2.05) is 48.5 Å². The molecule has 5 heteroatoms. The highest BCUT2D eigenvalue weighted by atomic mass is 16.5. The number of carboxylic acids is 1. The zero-order valence-electron chi connectivity index (χ0n) is 18.3. The van der Waals surface area contributed by atoms with Crippen LogP contribution in [-0.2, 0) is 22.4 Å². The van der Waals surface area contributed by atoms with E-state index >= 15 is 0 Å². The van der Waals surface area contributed by atoms with Crippen molar-refractivity contribution in [2.45, 2.75) is 45.4 Å². The number of carboxylic acid groups (broad SMARTS) is 1. The first-order chi connectivity index (χ1) is 14.9. The van der Waals surface area contributed by atoms with E-state index < -0.39 is 11.4 Å². The fourth-order valence-electron chi connectivity index (χ4n) is 4.67. The van der Waals surface area contributed by atoms with Crippen molar-refractivity contribution in [3.8, 4) is 5.75 Å². The van der Waals surface area contributed by atoms with Crippen LogP contribution in [0.4, 0.5) is 5.69 Å². The average Bonchev–Trinajstić information content (AvgIpc) is 3.06. The normalized spacial score (nSPS) is 20.5. The number of benzene rings is 2. The summed E-state index contributed by atoms with van der Waals surface area (Å²) in [6.07, 6.45) is 3.94. The molecule has 1 aliphatic rings. The predicted molar refractivity (Wildman–Crippen MR) is 122 cm³/mol. The van der Waals surface area contributed by atoms with Gasteiger partial charge in [-0.05, 0) is 67.0 Å². The molecule has 0 aromatic heterocycles. The lowest BCUT2D eigenvalue weighted by Crippen LogP contribution is -2.37. The van der Waals surface area contributed by atoms with Crippen LogP contribution < -0.4 is 10.1 Å². The number of allylic oxidation sites excluding steroid dienone is 1. The van der Waals surface area contributed by atoms with Crippen molar-refractivity contribution >= 4 is 17.6 Å². The third kappa shape index (κ3) is 5.35. The molecule has 31 heavy (non-hydrogen) atoms. The molecule has 0 spiro atoms. The van der Waals surface area contributed by atoms with E-state index in [1.165, 1.54) is 0 Å². The summed E-state index contributed by atoms with van der Waals surface area (Å²) >= 11 is 0. The van der Waals surface area contributed by atoms with E-state index in [2.05, 4.69) is 18.8 Å². The summed E-state index contributed by atoms with van der Waals surface area (Å²) in [6.45, 7) is 6.17. The highest BCUT2D eigenvalue weighted by Gasteiger charge is 2.49. The molecule has 164 valence electrons. The van der Waals surface area contributed by atoms with Crippen LogP contribution in [-0.4, -0.2) is 24.1 Å². The maximum Gasteiger partial charge on any atom is 0.310 e. The molecule has 1 aliphatic carbocycles. The number of rotatable bonds is 9. The van der Waals surface area contributed by atoms with Crippen LogP contribution in [0.1, 0.15) is 43.7 Å². The lowest BCUT2D eigenvalue weighted by Gasteiger charge is -2.31. The molecule has 1 amide bonds. The minimum Gasteiger partial charge on any atom is -0.497 e. The fraction of sp³-hybridized carbons (Fsp3) is 0.385. The van der Waals surface area contributed by atoms with Crippen LogP contribution in [0.5, 0.6) is 5.75 Å². The quantitative estimate of drug-likeness (QED) is 0.542. The topological polar surface area (TPSA) is 75.6 Å². The minimum atomic E-state index is -0.785. The number of anilines is 1. The molecule has 3 rings (SSSR count). The number of ether oxygens (including phenoxy) is 1. The van der Waals surface area contributed by atoms with Gasteiger partial charge in [0.25, 0.3) is 0 Å². The van der Waals surface area contributed by atoms with Gasteiger partial charge >= 0.3 is 5.97 Å². The predicted octanol–water partition coefficient (Wildman–Crippen LogP) is 5.26. The number of amides is 1. The Bertz CT molecular complexity index is 933. The molecule has 5 nitrogen and oxygen atoms in total. The van der Waals surface area contributed by atoms with Crippen LogP contribution in [0.15, 0.2) is 60.7 Å². The first-order valence-electron chi connectivity index (χ1n) is 10.8. The standard InChI is InChI=1S/C26H31NO4/c1-4-5-21-14-18(2)16-26(21,25(29)30)17-20-6-10-22(11-7-20)27-24(28)15-19-8-12-23(31-3)13-9-19/h6-13,21H,2,4-5,14-17H2,1,3H3,(H,27,28)(H,29,30). The summed E-state index contributed by atoms with van der Waals surface area (Å²) in [5, 5.41) is 13.0. The van der Waals surface area contributed by atoms with Crippen molar-refractivity contribution in [1.82, 2.24) is 0 Å². The van der Waals surface area contributed by atoms with Crippen LogP contribution in [0.3, 0.4) is 0 Å². The summed E-state index contributed by atoms with van der Waals surface area (Å²) in [5.41, 5.74) is 2.82. The number of nitrogens with one attached hydrogen (secondary N) is 1. The number of methoxy groups -OCH3 is 1. The van der Waals surface area contributed by atoms with Gasteiger partial charge in [-0.3, -0.25) is 9.59 Å². The van der Waals surface area contributed by atoms with Crippen molar-refractivity contribution < 1.29 is 19.4 Å². The monoisotopic (exact) mass is 421 g/mol. The van der Waals surface area contributed by atoms with Crippen LogP contribution in [0, 0.1) is 11.3 Å². The van der Waals surface area contributed by atoms with Crippen molar-refractivity contribution in [3.05, 3.63) is 71.8 Å². The number of hydrogen-bond acceptors (Lipinski definition) is 3. The zero-order chi connectivity index (χ0) is 22.4. The highest BCUT2D eigenvalue weighted by molar-refractivity contribution is 5.92. The van der Waals surface area contributed by atoms with Gasteiger partial charge in [-0.2, -0.15) is 0 Å². The van der Waals surface area contributed by atoms with E-state index in [0.29, 0.717) is 18.5 Å². The first-order valence-corrected chi connectivity index (χ1v) is 10.8. The maximum absolute atomic E-state index is 12.4. The van der Waals surface area contributed by atoms with Gasteiger partial charge < -0.3 is 15.2 Å². The Morgan fingerprint density at radius 3 is 2.35 bits per heavy atom. The van der Waals surface area contributed by atoms with E-state index in [4.69, 9.17) is 4.74 Å². The average molecular weight is 422 g/mol. The van der Waals surface area contributed by atoms with E-state index in [9.17, 15) is 14.7 Å². The number of hydrogen-bond donors (Lipinski definition) is 2. The molecule has 0 aliphatic heterocycles. The molecule has 0 radical (unpaired) electrons. The smallest absolute Gasteiger partial charge is 0.310 e. The Morgan fingerprint density at radius 1 is 1.13 bits per heavy atom. The summed E-state index contributed by atoms with van der Waals surface area (Å²) in [4.78, 5) is 24.6. The second-order valence-electron chi connectivity index (χ2n) is 8.52. The zero-order valence-corrected chi connectivity index (χ0v) is 18.3. The van der Waals surface area contributed by atoms with Gasteiger partial charge in [-0.15, -0.1) is 0 Å². The third-order valence-electron chi connectivity index (χ3n) is 6.23. The lowest BCUT2D eigenvalue weighted by atomic mass is 9.71.